The first-order chi connectivity index (χ1) is 11.5. The Balaban J connectivity index is 2.00. The monoisotopic (exact) mass is 347 g/mol. The number of benzene rings is 1. The molecule has 3 nitrogen and oxygen atoms in total. The van der Waals surface area contributed by atoms with E-state index in [0.717, 1.165) is 22.1 Å². The molecule has 1 aliphatic heterocycles. The average molecular weight is 348 g/mol. The van der Waals surface area contributed by atoms with E-state index in [9.17, 15) is 4.39 Å². The molecule has 0 bridgehead atoms. The molecule has 130 valence electrons. The number of likely N-dealkylation sites (tertiary alicyclic amines) is 1. The molecule has 0 saturated carbocycles. The van der Waals surface area contributed by atoms with Crippen LogP contribution in [0, 0.1) is 11.7 Å². The summed E-state index contributed by atoms with van der Waals surface area (Å²) in [5.41, 5.74) is 1.10. The van der Waals surface area contributed by atoms with Crippen LogP contribution in [0.3, 0.4) is 0 Å². The first kappa shape index (κ1) is 17.5. The van der Waals surface area contributed by atoms with Crippen LogP contribution in [0.15, 0.2) is 24.3 Å². The molecule has 3 rings (SSSR count). The minimum Gasteiger partial charge on any atom is -0.287 e. The highest BCUT2D eigenvalue weighted by Crippen LogP contribution is 2.37. The molecule has 3 atom stereocenters. The van der Waals surface area contributed by atoms with Crippen molar-refractivity contribution in [1.29, 1.82) is 0 Å². The van der Waals surface area contributed by atoms with E-state index in [0.29, 0.717) is 17.9 Å². The van der Waals surface area contributed by atoms with E-state index in [2.05, 4.69) is 42.8 Å². The Morgan fingerprint density at radius 3 is 2.38 bits per heavy atom. The zero-order valence-corrected chi connectivity index (χ0v) is 15.7. The molecule has 1 aromatic heterocycles. The first-order valence-electron chi connectivity index (χ1n) is 8.80. The molecule has 1 unspecified atom stereocenters. The Kier molecular flexibility index (Phi) is 5.30. The number of hydrogen-bond donors (Lipinski definition) is 0. The Bertz CT molecular complexity index is 668. The fraction of sp³-hybridized carbons (Fsp3) is 0.579. The van der Waals surface area contributed by atoms with Crippen LogP contribution in [0.2, 0.25) is 0 Å². The lowest BCUT2D eigenvalue weighted by atomic mass is 9.92. The molecule has 2 heterocycles. The molecular weight excluding hydrogens is 321 g/mol. The summed E-state index contributed by atoms with van der Waals surface area (Å²) in [5.74, 6) is 0.849. The minimum atomic E-state index is -0.197. The predicted molar refractivity (Wildman–Crippen MR) is 96.8 cm³/mol. The van der Waals surface area contributed by atoms with E-state index in [1.54, 1.807) is 23.5 Å². The van der Waals surface area contributed by atoms with Crippen molar-refractivity contribution in [3.8, 4) is 0 Å². The zero-order chi connectivity index (χ0) is 17.3. The van der Waals surface area contributed by atoms with Crippen molar-refractivity contribution in [3.05, 3.63) is 45.7 Å². The Morgan fingerprint density at radius 2 is 1.75 bits per heavy atom. The Hall–Kier alpha value is -1.33. The van der Waals surface area contributed by atoms with Gasteiger partial charge in [-0.1, -0.05) is 44.2 Å². The van der Waals surface area contributed by atoms with Gasteiger partial charge in [0.2, 0.25) is 0 Å². The SMILES string of the molecule is CC(C)c1nnc(C(c2ccc(F)cc2)N2C[C@H](C)CC[C@H]2C)s1. The van der Waals surface area contributed by atoms with E-state index < -0.39 is 0 Å². The summed E-state index contributed by atoms with van der Waals surface area (Å²) in [4.78, 5) is 2.52. The predicted octanol–water partition coefficient (Wildman–Crippen LogP) is 5.01. The standard InChI is InChI=1S/C19H26FN3S/c1-12(2)18-21-22-19(24-18)17(15-7-9-16(20)10-8-15)23-11-13(3)5-6-14(23)4/h7-10,12-14,17H,5-6,11H2,1-4H3/t13-,14-,17?/m1/s1. The van der Waals surface area contributed by atoms with Crippen LogP contribution in [-0.4, -0.2) is 27.7 Å². The zero-order valence-electron chi connectivity index (χ0n) is 14.9. The van der Waals surface area contributed by atoms with Gasteiger partial charge in [-0.2, -0.15) is 0 Å². The van der Waals surface area contributed by atoms with Gasteiger partial charge in [0, 0.05) is 18.5 Å². The summed E-state index contributed by atoms with van der Waals surface area (Å²) in [6, 6.07) is 7.43. The Labute approximate surface area is 147 Å². The molecule has 0 amide bonds. The largest absolute Gasteiger partial charge is 0.287 e. The summed E-state index contributed by atoms with van der Waals surface area (Å²) in [6.07, 6.45) is 2.45. The molecular formula is C19H26FN3S. The van der Waals surface area contributed by atoms with Gasteiger partial charge in [0.05, 0.1) is 6.04 Å². The van der Waals surface area contributed by atoms with Crippen molar-refractivity contribution in [2.24, 2.45) is 5.92 Å². The van der Waals surface area contributed by atoms with Crippen molar-refractivity contribution in [3.63, 3.8) is 0 Å². The van der Waals surface area contributed by atoms with Crippen molar-refractivity contribution in [2.75, 3.05) is 6.54 Å². The smallest absolute Gasteiger partial charge is 0.139 e. The normalized spacial score (nSPS) is 23.6. The fourth-order valence-corrected chi connectivity index (χ4v) is 4.39. The van der Waals surface area contributed by atoms with Gasteiger partial charge in [0.15, 0.2) is 0 Å². The van der Waals surface area contributed by atoms with E-state index in [4.69, 9.17) is 0 Å². The lowest BCUT2D eigenvalue weighted by Gasteiger charge is -2.41. The molecule has 5 heteroatoms. The highest BCUT2D eigenvalue weighted by atomic mass is 32.1. The number of aromatic nitrogens is 2. The van der Waals surface area contributed by atoms with Gasteiger partial charge in [0.1, 0.15) is 15.8 Å². The lowest BCUT2D eigenvalue weighted by Crippen LogP contribution is -2.43. The van der Waals surface area contributed by atoms with Crippen molar-refractivity contribution in [2.45, 2.75) is 58.5 Å². The number of piperidine rings is 1. The van der Waals surface area contributed by atoms with Crippen LogP contribution in [0.5, 0.6) is 0 Å². The molecule has 0 spiro atoms. The summed E-state index contributed by atoms with van der Waals surface area (Å²) in [5, 5.41) is 11.0. The molecule has 1 fully saturated rings. The quantitative estimate of drug-likeness (QED) is 0.778. The molecule has 1 aliphatic rings. The van der Waals surface area contributed by atoms with Crippen LogP contribution in [-0.2, 0) is 0 Å². The van der Waals surface area contributed by atoms with Gasteiger partial charge in [-0.25, -0.2) is 4.39 Å². The summed E-state index contributed by atoms with van der Waals surface area (Å²) < 4.78 is 13.4. The highest BCUT2D eigenvalue weighted by molar-refractivity contribution is 7.11. The summed E-state index contributed by atoms with van der Waals surface area (Å²) in [7, 11) is 0. The molecule has 0 aliphatic carbocycles. The van der Waals surface area contributed by atoms with Crippen LogP contribution in [0.4, 0.5) is 4.39 Å². The molecule has 0 N–H and O–H groups in total. The van der Waals surface area contributed by atoms with E-state index in [1.807, 2.05) is 12.1 Å². The third-order valence-electron chi connectivity index (χ3n) is 4.87. The van der Waals surface area contributed by atoms with Crippen LogP contribution in [0.25, 0.3) is 0 Å². The lowest BCUT2D eigenvalue weighted by molar-refractivity contribution is 0.0930. The van der Waals surface area contributed by atoms with E-state index in [-0.39, 0.29) is 11.9 Å². The maximum atomic E-state index is 13.4. The number of halogens is 1. The third-order valence-corrected chi connectivity index (χ3v) is 6.14. The van der Waals surface area contributed by atoms with Gasteiger partial charge >= 0.3 is 0 Å². The van der Waals surface area contributed by atoms with Crippen molar-refractivity contribution >= 4 is 11.3 Å². The number of nitrogens with zero attached hydrogens (tertiary/aromatic N) is 3. The van der Waals surface area contributed by atoms with E-state index in [1.165, 1.54) is 12.8 Å². The Morgan fingerprint density at radius 1 is 1.08 bits per heavy atom. The van der Waals surface area contributed by atoms with E-state index >= 15 is 0 Å². The van der Waals surface area contributed by atoms with Gasteiger partial charge in [-0.05, 0) is 43.4 Å². The van der Waals surface area contributed by atoms with Gasteiger partial charge in [0.25, 0.3) is 0 Å². The minimum absolute atomic E-state index is 0.0633. The topological polar surface area (TPSA) is 29.0 Å². The van der Waals surface area contributed by atoms with Gasteiger partial charge < -0.3 is 0 Å². The summed E-state index contributed by atoms with van der Waals surface area (Å²) >= 11 is 1.69. The number of rotatable bonds is 4. The summed E-state index contributed by atoms with van der Waals surface area (Å²) in [6.45, 7) is 9.92. The second kappa shape index (κ2) is 7.28. The van der Waals surface area contributed by atoms with Crippen molar-refractivity contribution < 1.29 is 4.39 Å². The second-order valence-electron chi connectivity index (χ2n) is 7.32. The van der Waals surface area contributed by atoms with Gasteiger partial charge in [-0.15, -0.1) is 10.2 Å². The number of hydrogen-bond acceptors (Lipinski definition) is 4. The van der Waals surface area contributed by atoms with Gasteiger partial charge in [-0.3, -0.25) is 4.90 Å². The first-order valence-corrected chi connectivity index (χ1v) is 9.62. The maximum Gasteiger partial charge on any atom is 0.139 e. The van der Waals surface area contributed by atoms with Crippen LogP contribution < -0.4 is 0 Å². The molecule has 24 heavy (non-hydrogen) atoms. The molecule has 1 aromatic carbocycles. The molecule has 1 saturated heterocycles. The average Bonchev–Trinajstić information content (AvgIpc) is 3.03. The second-order valence-corrected chi connectivity index (χ2v) is 8.36. The van der Waals surface area contributed by atoms with Crippen molar-refractivity contribution in [1.82, 2.24) is 15.1 Å². The molecule has 0 radical (unpaired) electrons. The van der Waals surface area contributed by atoms with Crippen LogP contribution in [0.1, 0.15) is 68.1 Å². The molecule has 2 aromatic rings. The third kappa shape index (κ3) is 3.67. The maximum absolute atomic E-state index is 13.4. The van der Waals surface area contributed by atoms with Crippen LogP contribution >= 0.6 is 11.3 Å². The highest BCUT2D eigenvalue weighted by Gasteiger charge is 2.33. The fourth-order valence-electron chi connectivity index (χ4n) is 3.39.